The van der Waals surface area contributed by atoms with Crippen LogP contribution >= 0.6 is 0 Å². The van der Waals surface area contributed by atoms with Crippen molar-refractivity contribution >= 4 is 5.78 Å². The number of carbonyl (C=O) groups is 1. The average Bonchev–Trinajstić information content (AvgIpc) is 1.09. The number of halogens is 2. The van der Waals surface area contributed by atoms with Gasteiger partial charge in [-0.2, -0.15) is 0 Å². The van der Waals surface area contributed by atoms with Crippen LogP contribution in [0.5, 0.6) is 0 Å². The Kier molecular flexibility index (Phi) is 2.94. The van der Waals surface area contributed by atoms with Crippen LogP contribution in [0.4, 0.5) is 8.78 Å². The molecule has 74 heavy (non-hydrogen) atoms. The second-order valence-corrected chi connectivity index (χ2v) is 21.6. The van der Waals surface area contributed by atoms with E-state index in [1.54, 1.807) is 30.5 Å². The van der Waals surface area contributed by atoms with Gasteiger partial charge in [0.1, 0.15) is 11.6 Å². The summed E-state index contributed by atoms with van der Waals surface area (Å²) in [7, 11) is 0. The monoisotopic (exact) mass is 1500 g/mol. The van der Waals surface area contributed by atoms with E-state index >= 15 is 8.78 Å². The van der Waals surface area contributed by atoms with Crippen LogP contribution in [-0.4, -0.2) is 40.8 Å². The van der Waals surface area contributed by atoms with Gasteiger partial charge in [-0.3, -0.25) is 9.97 Å². The molecule has 12 rings (SSSR count). The summed E-state index contributed by atoms with van der Waals surface area (Å²) < 4.78 is 870. The minimum atomic E-state index is -0.570. The predicted octanol–water partition coefficient (Wildman–Crippen LogP) is 35.3. The van der Waals surface area contributed by atoms with Gasteiger partial charge in [0.2, 0.25) is 11.4 Å². The van der Waals surface area contributed by atoms with Crippen molar-refractivity contribution in [2.45, 2.75) is 134 Å². The van der Waals surface area contributed by atoms with Gasteiger partial charge >= 0.3 is 0 Å². The molecule has 4 aromatic heterocycles. The largest absolute Gasteiger partial charge is 0.523 e. The van der Waals surface area contributed by atoms with Crippen molar-refractivity contribution in [3.8, 4) is 45.3 Å². The maximum atomic E-state index is 15.2. The molecule has 0 radical (unpaired) electrons. The highest BCUT2D eigenvalue weighted by Crippen LogP contribution is 2.58. The highest BCUT2D eigenvalue weighted by molar-refractivity contribution is 6.00. The first-order valence-corrected chi connectivity index (χ1v) is 26.6. The molecule has 1 N–H and O–H groups in total. The van der Waals surface area contributed by atoms with Crippen LogP contribution in [-0.2, 0) is 28.5 Å². The van der Waals surface area contributed by atoms with E-state index in [-0.39, 0.29) is 54.0 Å². The fourth-order valence-corrected chi connectivity index (χ4v) is 13.3. The molecule has 12 heteroatoms. The van der Waals surface area contributed by atoms with Crippen molar-refractivity contribution in [2.75, 3.05) is 0 Å². The number of hydrogen-bond donors (Lipinski definition) is 1. The number of hydrogen-bond acceptors (Lipinski definition) is 8. The van der Waals surface area contributed by atoms with Gasteiger partial charge in [0.05, 0.1) is 41.7 Å². The Morgan fingerprint density at radius 1 is 0.689 bits per heavy atom. The molecule has 6 atom stereocenters. The number of aliphatic hydroxyl groups is 1. The maximum absolute atomic E-state index is 15.2. The lowest BCUT2D eigenvalue weighted by Crippen LogP contribution is -2.48. The van der Waals surface area contributed by atoms with Gasteiger partial charge in [-0.1, -0.05) is 70.9 Å². The minimum absolute atomic E-state index is 0. The number of allylic oxidation sites excluding steroid dienone is 4. The number of Topliss-reactive ketones (excluding diaryl/α,β-unsaturated/α-hetero) is 1. The van der Waals surface area contributed by atoms with Crippen molar-refractivity contribution in [3.63, 3.8) is 0 Å². The quantitative estimate of drug-likeness (QED) is 0.135. The molecule has 2 aromatic carbocycles. The van der Waals surface area contributed by atoms with Crippen molar-refractivity contribution in [1.82, 2.24) is 29.9 Å². The zero-order valence-electron chi connectivity index (χ0n) is 211. The van der Waals surface area contributed by atoms with E-state index < -0.39 is 10.8 Å². The number of benzene rings is 2. The molecule has 0 aliphatic heterocycles. The summed E-state index contributed by atoms with van der Waals surface area (Å²) in [6, 6.07) is 21.6. The Morgan fingerprint density at radius 2 is 1.22 bits per heavy atom. The average molecular weight is 1500 g/mol. The van der Waals surface area contributed by atoms with Crippen LogP contribution in [0.2, 0.25) is 0 Å². The first-order valence-electron chi connectivity index (χ1n) is 111. The zero-order chi connectivity index (χ0) is 219. The third-order valence-corrected chi connectivity index (χ3v) is 17.1. The van der Waals surface area contributed by atoms with Gasteiger partial charge < -0.3 is 9.90 Å². The van der Waals surface area contributed by atoms with Gasteiger partial charge in [0.25, 0.3) is 0 Å². The van der Waals surface area contributed by atoms with Crippen LogP contribution in [0.15, 0.2) is 108 Å². The maximum Gasteiger partial charge on any atom is 0.226 e. The number of ketones is 1. The second kappa shape index (κ2) is 19.5. The Balaban J connectivity index is -0.0000000174. The topological polar surface area (TPSA) is 123 Å². The first kappa shape index (κ1) is 11.1. The van der Waals surface area contributed by atoms with E-state index in [0.717, 1.165) is 109 Å². The summed E-state index contributed by atoms with van der Waals surface area (Å²) in [5.41, 5.74) is 9.37. The van der Waals surface area contributed by atoms with Crippen LogP contribution < -0.4 is 0 Å². The summed E-state index contributed by atoms with van der Waals surface area (Å²) >= 11 is 0. The van der Waals surface area contributed by atoms with Gasteiger partial charge in [-0.25, -0.2) is 38.4 Å². The predicted molar refractivity (Wildman–Crippen MR) is 461 cm³/mol. The Hall–Kier alpha value is -7.31. The molecule has 6 aliphatic carbocycles. The van der Waals surface area contributed by atoms with E-state index in [1.807, 2.05) is 50.4 Å². The smallest absolute Gasteiger partial charge is 0.226 e. The van der Waals surface area contributed by atoms with Crippen LogP contribution in [0.1, 0.15) is 395 Å². The van der Waals surface area contributed by atoms with Crippen molar-refractivity contribution in [3.05, 3.63) is 177 Å². The Morgan fingerprint density at radius 3 is 1.73 bits per heavy atom. The third-order valence-electron chi connectivity index (χ3n) is 17.1. The number of rotatable bonds is 10. The molecule has 544 valence electrons. The Bertz CT molecular complexity index is 3600. The number of nitrogens with zero attached hydrogens (tertiary/aromatic N) is 8. The molecule has 2 saturated carbocycles. The van der Waals surface area contributed by atoms with Gasteiger partial charge in [-0.05, 0) is 131 Å². The normalized spacial score (nSPS) is 33.8. The number of aliphatic hydroxyl groups excluding tert-OH is 1. The van der Waals surface area contributed by atoms with Gasteiger partial charge in [0, 0.05) is 343 Å². The number of aromatic nitrogens is 6. The molecular weight excluding hydrogens is 927 g/mol. The second-order valence-electron chi connectivity index (χ2n) is 21.6. The van der Waals surface area contributed by atoms with E-state index in [4.69, 9.17) is 283 Å². The molecule has 2 fully saturated rings. The highest BCUT2D eigenvalue weighted by atomic mass is 19.1. The molecule has 0 bridgehead atoms. The number of fused-ring (bicyclic) bond motifs is 6. The van der Waals surface area contributed by atoms with Crippen molar-refractivity contribution in [2.24, 2.45) is 23.7 Å². The Labute approximate surface area is 692 Å². The molecule has 4 heterocycles. The van der Waals surface area contributed by atoms with Crippen molar-refractivity contribution in [1.29, 1.82) is 0 Å². The molecule has 6 aliphatic rings. The summed E-state index contributed by atoms with van der Waals surface area (Å²) in [6.07, 6.45) is 16.9. The van der Waals surface area contributed by atoms with Crippen LogP contribution in [0.3, 0.4) is 0 Å². The lowest BCUT2D eigenvalue weighted by Gasteiger charge is -2.50. The molecular formula is C62H230F2N8O2. The van der Waals surface area contributed by atoms with E-state index in [1.165, 1.54) is 12.1 Å². The molecule has 0 amide bonds. The third kappa shape index (κ3) is 8.41. The molecule has 0 spiro atoms. The fourth-order valence-electron chi connectivity index (χ4n) is 13.3. The molecule has 10 nitrogen and oxygen atoms in total. The summed E-state index contributed by atoms with van der Waals surface area (Å²) in [6.45, 7) is 23.8. The lowest BCUT2D eigenvalue weighted by molar-refractivity contribution is -0.122. The number of carbonyl (C=O) groups excluding carboxylic acids is 1. The zero-order valence-corrected chi connectivity index (χ0v) is 42.5. The van der Waals surface area contributed by atoms with Crippen LogP contribution in [0.25, 0.3) is 55.0 Å². The summed E-state index contributed by atoms with van der Waals surface area (Å²) in [5.74, 6) is 1.40. The first-order chi connectivity index (χ1) is 120. The van der Waals surface area contributed by atoms with Crippen molar-refractivity contribution < 1.29 is 270 Å². The molecule has 6 aromatic rings. The van der Waals surface area contributed by atoms with Gasteiger partial charge in [-0.15, -0.1) is 0 Å². The minimum Gasteiger partial charge on any atom is -0.523 e. The lowest BCUT2D eigenvalue weighted by atomic mass is 9.54. The van der Waals surface area contributed by atoms with E-state index in [9.17, 15) is 9.90 Å². The highest BCUT2D eigenvalue weighted by Gasteiger charge is 2.54. The molecule has 0 unspecified atom stereocenters. The number of pyridine rings is 2. The van der Waals surface area contributed by atoms with Gasteiger partial charge in [0.15, 0.2) is 17.4 Å². The summed E-state index contributed by atoms with van der Waals surface area (Å²) in [4.78, 5) is 50.0. The SMILES string of the molecule is [3HH].[3H][3H].[3H][3H].[3H][3H].[3H][3H].[3H][3H].[3H][3H].[3H][3H].[3H][3H].[3H][3H].[3H][3H].[3H][3H].[3H][3H].[3H][3H].[3H][3H].[3H][3H].[3H][3H].[3H][3H].[3H][3H].[3H][3H].[3H][3H].[3H][3H].[3H][3H].[3H][3H].[3H][3H].[3H][3H].[3H][3H].[3H][3H].[3H][3H].[3H][3H].[3H][3H].[3H][3H].[3H][3H].[3H][3H].[3H][3H].[3H][3H].[3H][3H].[3H][3H].[3H][3H].[3H][3H].[3H][3H].[3H][3H].[3H][3H].[3H][3H].[3H][3H].[3H][3H].[3H][3H].[3H][3H].[3H][3H].[3H][3H].[3H][3H].[3H][3H].[3H][3H].[3H][3H].[3H][3H].[3H][3H].[3H][3H].[3H][3H].[3H][3H].[3H][3H].[3H][3H].[3H][3H].[3H][3H].[3H][3H].[3H][3H].[3H][3H].[3H][3H].[3H][3H].[3H][3H].[3H][3H].[3H][3H].[3H][3H].[3H][3H].[3H][3H].[3H][3H].[3H][3H].[3H][3H].[3H][3H].[3H][3H].[3H][3H].[3H][3H].[3H][3H].[3H][3H].[3H][3H].[3H][3H].[C-]#[N+]C1=C(O)[C@H](C)[C@H]2CCc3c(-c4ccccc4F)nc(-c4ccnc(C5CC5)c4)nc3[C@]2(CCC)C1.[C-]#[N+]C1=C[C@@]2(CCC)c3nc(-c4ccnc(C5CC5)c4)nc(-c4ccccc4F)c3CC[C@@H]2[C@@H](C)C1=O. The standard InChI is InChI=1S/C31H31FN4O.C31H29FN4O.85H2/c2*1-4-14-31-17-26(33-3)28(37)18(2)23(31)12-11-22-27(21-7-5-6-8-24(21)32)35-30(36-29(22)31)20-13-15-34-25(16-20)19-9-10-19;;;;;;;;;;;;;;;;;;;;;;;;;;;;;;;;;;;;;;;;;;;;;;;;;;;;;;;;;;;;;;;;;;;;;;;;;;;;;;;;;;;;;/h5-8,13,15-16,18-19,23,37H,4,9-12,14,17H2,1-2H3;5-8,13,15-19,23H,4,9-12,14H2,1-2H3;85*1H/t2*18-,23-,31-;;;;;;;;;;;;;;;;;;;;;;;;;;;;;;;;;;;;;;;;;;;;;;;;;;;;;;;;;;;;;;;;;;;;;;;;;;;;;;;;;;;;;/m11...................................................................................../s1/i;;84*1+2T;1+2. The van der Waals surface area contributed by atoms with E-state index in [2.05, 4.69) is 45.6 Å². The molecule has 0 saturated heterocycles. The van der Waals surface area contributed by atoms with Crippen LogP contribution in [0, 0.1) is 48.5 Å². The summed E-state index contributed by atoms with van der Waals surface area (Å²) in [5, 5.41) is 10.9. The van der Waals surface area contributed by atoms with E-state index in [0.29, 0.717) is 71.0 Å². The fraction of sp³-hybridized carbons (Fsp3) is 0.403.